The lowest BCUT2D eigenvalue weighted by Gasteiger charge is -2.17. The molecule has 0 aliphatic rings. The summed E-state index contributed by atoms with van der Waals surface area (Å²) in [6.07, 6.45) is 0.833. The van der Waals surface area contributed by atoms with Crippen LogP contribution < -0.4 is 0 Å². The van der Waals surface area contributed by atoms with Crippen molar-refractivity contribution in [2.24, 2.45) is 0 Å². The fourth-order valence-electron chi connectivity index (χ4n) is 2.05. The highest BCUT2D eigenvalue weighted by molar-refractivity contribution is 5.94. The minimum atomic E-state index is -0.0240. The van der Waals surface area contributed by atoms with Crippen molar-refractivity contribution in [2.45, 2.75) is 13.3 Å². The molecule has 0 atom stereocenters. The normalized spacial score (nSPS) is 10.3. The van der Waals surface area contributed by atoms with Crippen molar-refractivity contribution in [2.75, 3.05) is 13.6 Å². The van der Waals surface area contributed by atoms with Gasteiger partial charge in [0.1, 0.15) is 5.75 Å². The molecule has 0 aromatic heterocycles. The van der Waals surface area contributed by atoms with E-state index in [0.29, 0.717) is 17.7 Å². The maximum Gasteiger partial charge on any atom is 0.253 e. The molecule has 1 N–H and O–H groups in total. The van der Waals surface area contributed by atoms with Gasteiger partial charge in [0.05, 0.1) is 0 Å². The van der Waals surface area contributed by atoms with Crippen LogP contribution in [0.4, 0.5) is 0 Å². The van der Waals surface area contributed by atoms with E-state index in [4.69, 9.17) is 0 Å². The lowest BCUT2D eigenvalue weighted by molar-refractivity contribution is 0.0796. The number of hydrogen-bond acceptors (Lipinski definition) is 2. The smallest absolute Gasteiger partial charge is 0.253 e. The first-order valence-corrected chi connectivity index (χ1v) is 6.67. The summed E-state index contributed by atoms with van der Waals surface area (Å²) in [5.41, 5.74) is 2.54. The van der Waals surface area contributed by atoms with Crippen LogP contribution >= 0.6 is 0 Å². The molecule has 3 heteroatoms. The predicted octanol–water partition coefficient (Wildman–Crippen LogP) is 3.02. The maximum atomic E-state index is 12.3. The van der Waals surface area contributed by atoms with Crippen LogP contribution in [0.2, 0.25) is 0 Å². The van der Waals surface area contributed by atoms with E-state index in [1.54, 1.807) is 37.1 Å². The number of likely N-dealkylation sites (N-methyl/N-ethyl adjacent to an activating group) is 1. The van der Waals surface area contributed by atoms with E-state index in [-0.39, 0.29) is 11.7 Å². The molecular weight excluding hydrogens is 250 g/mol. The van der Waals surface area contributed by atoms with E-state index in [2.05, 4.69) is 12.1 Å². The molecular formula is C17H19NO2. The average molecular weight is 269 g/mol. The highest BCUT2D eigenvalue weighted by Crippen LogP contribution is 2.18. The summed E-state index contributed by atoms with van der Waals surface area (Å²) >= 11 is 0. The summed E-state index contributed by atoms with van der Waals surface area (Å²) < 4.78 is 0. The number of rotatable bonds is 4. The van der Waals surface area contributed by atoms with Gasteiger partial charge in [0, 0.05) is 19.2 Å². The zero-order valence-electron chi connectivity index (χ0n) is 11.8. The number of phenols is 1. The van der Waals surface area contributed by atoms with Crippen LogP contribution in [0.1, 0.15) is 21.5 Å². The zero-order chi connectivity index (χ0) is 14.5. The van der Waals surface area contributed by atoms with Gasteiger partial charge in [-0.3, -0.25) is 4.79 Å². The number of carbonyl (C=O) groups is 1. The zero-order valence-corrected chi connectivity index (χ0v) is 11.8. The Kier molecular flexibility index (Phi) is 4.41. The Morgan fingerprint density at radius 1 is 1.15 bits per heavy atom. The molecule has 0 unspecified atom stereocenters. The number of benzene rings is 2. The Hall–Kier alpha value is -2.29. The van der Waals surface area contributed by atoms with Gasteiger partial charge in [-0.15, -0.1) is 0 Å². The van der Waals surface area contributed by atoms with E-state index in [1.165, 1.54) is 5.56 Å². The van der Waals surface area contributed by atoms with Crippen molar-refractivity contribution in [1.29, 1.82) is 0 Å². The number of carbonyl (C=O) groups excluding carboxylic acids is 1. The summed E-state index contributed by atoms with van der Waals surface area (Å²) in [6.45, 7) is 2.46. The van der Waals surface area contributed by atoms with Crippen molar-refractivity contribution in [3.8, 4) is 5.75 Å². The SMILES string of the molecule is Cc1cc(C(=O)N(C)CCc2ccccc2)ccc1O. The highest BCUT2D eigenvalue weighted by atomic mass is 16.3. The molecule has 104 valence electrons. The molecule has 0 radical (unpaired) electrons. The molecule has 3 nitrogen and oxygen atoms in total. The van der Waals surface area contributed by atoms with E-state index in [9.17, 15) is 9.90 Å². The van der Waals surface area contributed by atoms with Crippen molar-refractivity contribution in [1.82, 2.24) is 4.90 Å². The monoisotopic (exact) mass is 269 g/mol. The van der Waals surface area contributed by atoms with E-state index < -0.39 is 0 Å². The van der Waals surface area contributed by atoms with E-state index >= 15 is 0 Å². The number of hydrogen-bond donors (Lipinski definition) is 1. The number of nitrogens with zero attached hydrogens (tertiary/aromatic N) is 1. The van der Waals surface area contributed by atoms with Crippen LogP contribution in [-0.4, -0.2) is 29.5 Å². The molecule has 0 fully saturated rings. The average Bonchev–Trinajstić information content (AvgIpc) is 2.48. The van der Waals surface area contributed by atoms with Gasteiger partial charge in [0.25, 0.3) is 5.91 Å². The van der Waals surface area contributed by atoms with Crippen LogP contribution in [0.3, 0.4) is 0 Å². The number of aryl methyl sites for hydroxylation is 1. The number of phenolic OH excluding ortho intramolecular Hbond substituents is 1. The Bertz CT molecular complexity index is 593. The third-order valence-electron chi connectivity index (χ3n) is 3.37. The van der Waals surface area contributed by atoms with Crippen LogP contribution in [0.25, 0.3) is 0 Å². The minimum Gasteiger partial charge on any atom is -0.508 e. The number of aromatic hydroxyl groups is 1. The Morgan fingerprint density at radius 3 is 2.50 bits per heavy atom. The molecule has 0 spiro atoms. The van der Waals surface area contributed by atoms with Gasteiger partial charge in [0.2, 0.25) is 0 Å². The van der Waals surface area contributed by atoms with Gasteiger partial charge in [-0.2, -0.15) is 0 Å². The molecule has 0 heterocycles. The first kappa shape index (κ1) is 14.1. The molecule has 0 bridgehead atoms. The topological polar surface area (TPSA) is 40.5 Å². The molecule has 0 aliphatic carbocycles. The minimum absolute atomic E-state index is 0.0240. The fourth-order valence-corrected chi connectivity index (χ4v) is 2.05. The lowest BCUT2D eigenvalue weighted by atomic mass is 10.1. The van der Waals surface area contributed by atoms with Gasteiger partial charge in [-0.05, 0) is 42.7 Å². The van der Waals surface area contributed by atoms with Crippen LogP contribution in [0, 0.1) is 6.92 Å². The summed E-state index contributed by atoms with van der Waals surface area (Å²) in [4.78, 5) is 14.0. The Balaban J connectivity index is 1.99. The Labute approximate surface area is 119 Å². The molecule has 2 rings (SSSR count). The standard InChI is InChI=1S/C17H19NO2/c1-13-12-15(8-9-16(13)19)17(20)18(2)11-10-14-6-4-3-5-7-14/h3-9,12,19H,10-11H2,1-2H3. The maximum absolute atomic E-state index is 12.3. The highest BCUT2D eigenvalue weighted by Gasteiger charge is 2.12. The molecule has 2 aromatic rings. The second-order valence-corrected chi connectivity index (χ2v) is 4.96. The molecule has 20 heavy (non-hydrogen) atoms. The second kappa shape index (κ2) is 6.24. The molecule has 0 aliphatic heterocycles. The lowest BCUT2D eigenvalue weighted by Crippen LogP contribution is -2.28. The van der Waals surface area contributed by atoms with Gasteiger partial charge in [-0.25, -0.2) is 0 Å². The third kappa shape index (κ3) is 3.38. The van der Waals surface area contributed by atoms with Gasteiger partial charge >= 0.3 is 0 Å². The van der Waals surface area contributed by atoms with Crippen molar-refractivity contribution < 1.29 is 9.90 Å². The summed E-state index contributed by atoms with van der Waals surface area (Å²) in [5.74, 6) is 0.192. The van der Waals surface area contributed by atoms with E-state index in [0.717, 1.165) is 6.42 Å². The predicted molar refractivity (Wildman–Crippen MR) is 80.0 cm³/mol. The molecule has 0 saturated heterocycles. The summed E-state index contributed by atoms with van der Waals surface area (Å²) in [5, 5.41) is 9.49. The third-order valence-corrected chi connectivity index (χ3v) is 3.37. The second-order valence-electron chi connectivity index (χ2n) is 4.96. The largest absolute Gasteiger partial charge is 0.508 e. The van der Waals surface area contributed by atoms with Gasteiger partial charge in [-0.1, -0.05) is 30.3 Å². The number of amides is 1. The van der Waals surface area contributed by atoms with Crippen molar-refractivity contribution in [3.05, 3.63) is 65.2 Å². The van der Waals surface area contributed by atoms with Crippen molar-refractivity contribution >= 4 is 5.91 Å². The Morgan fingerprint density at radius 2 is 1.85 bits per heavy atom. The first-order chi connectivity index (χ1) is 9.58. The van der Waals surface area contributed by atoms with E-state index in [1.807, 2.05) is 18.2 Å². The van der Waals surface area contributed by atoms with Crippen LogP contribution in [0.5, 0.6) is 5.75 Å². The van der Waals surface area contributed by atoms with Gasteiger partial charge in [0.15, 0.2) is 0 Å². The van der Waals surface area contributed by atoms with Crippen molar-refractivity contribution in [3.63, 3.8) is 0 Å². The summed E-state index contributed by atoms with van der Waals surface area (Å²) in [7, 11) is 1.80. The van der Waals surface area contributed by atoms with Crippen LogP contribution in [0.15, 0.2) is 48.5 Å². The first-order valence-electron chi connectivity index (χ1n) is 6.67. The van der Waals surface area contributed by atoms with Crippen LogP contribution in [-0.2, 0) is 6.42 Å². The summed E-state index contributed by atoms with van der Waals surface area (Å²) in [6, 6.07) is 15.0. The fraction of sp³-hybridized carbons (Fsp3) is 0.235. The molecule has 0 saturated carbocycles. The molecule has 2 aromatic carbocycles. The molecule has 1 amide bonds. The van der Waals surface area contributed by atoms with Gasteiger partial charge < -0.3 is 10.0 Å². The quantitative estimate of drug-likeness (QED) is 0.927.